The van der Waals surface area contributed by atoms with E-state index in [0.29, 0.717) is 25.1 Å². The van der Waals surface area contributed by atoms with Crippen LogP contribution in [-0.4, -0.2) is 47.8 Å². The summed E-state index contributed by atoms with van der Waals surface area (Å²) in [4.78, 5) is 28.0. The van der Waals surface area contributed by atoms with E-state index in [2.05, 4.69) is 15.9 Å². The average molecular weight is 325 g/mol. The Kier molecular flexibility index (Phi) is 4.24. The van der Waals surface area contributed by atoms with Crippen LogP contribution in [0.4, 0.5) is 0 Å². The molecule has 0 N–H and O–H groups in total. The summed E-state index contributed by atoms with van der Waals surface area (Å²) in [5, 5.41) is 0. The van der Waals surface area contributed by atoms with E-state index >= 15 is 0 Å². The van der Waals surface area contributed by atoms with Gasteiger partial charge in [-0.15, -0.1) is 0 Å². The Bertz CT molecular complexity index is 504. The van der Waals surface area contributed by atoms with Gasteiger partial charge in [-0.1, -0.05) is 28.9 Å². The molecule has 4 nitrogen and oxygen atoms in total. The summed E-state index contributed by atoms with van der Waals surface area (Å²) in [6.07, 6.45) is 0.642. The zero-order valence-electron chi connectivity index (χ0n) is 11.1. The average Bonchev–Trinajstić information content (AvgIpc) is 2.41. The van der Waals surface area contributed by atoms with Crippen LogP contribution in [-0.2, 0) is 4.79 Å². The summed E-state index contributed by atoms with van der Waals surface area (Å²) in [5.74, 6) is -0.0494. The molecule has 5 heteroatoms. The molecule has 0 radical (unpaired) electrons. The second kappa shape index (κ2) is 5.74. The molecule has 19 heavy (non-hydrogen) atoms. The SMILES string of the molecule is CCC1C(=O)N(C)CCN1C(=O)c1cccc(Br)c1. The van der Waals surface area contributed by atoms with Crippen LogP contribution in [0.5, 0.6) is 0 Å². The first-order valence-electron chi connectivity index (χ1n) is 6.36. The summed E-state index contributed by atoms with van der Waals surface area (Å²) >= 11 is 3.36. The molecular formula is C14H17BrN2O2. The molecule has 1 aromatic carbocycles. The largest absolute Gasteiger partial charge is 0.342 e. The Balaban J connectivity index is 2.25. The van der Waals surface area contributed by atoms with Crippen molar-refractivity contribution in [2.75, 3.05) is 20.1 Å². The van der Waals surface area contributed by atoms with E-state index in [9.17, 15) is 9.59 Å². The van der Waals surface area contributed by atoms with Crippen LogP contribution in [0.2, 0.25) is 0 Å². The summed E-state index contributed by atoms with van der Waals surface area (Å²) in [6.45, 7) is 3.12. The minimum Gasteiger partial charge on any atom is -0.342 e. The molecule has 2 amide bonds. The number of piperazine rings is 1. The second-order valence-electron chi connectivity index (χ2n) is 4.69. The Morgan fingerprint density at radius 3 is 2.79 bits per heavy atom. The number of nitrogens with zero attached hydrogens (tertiary/aromatic N) is 2. The molecule has 1 atom stereocenters. The van der Waals surface area contributed by atoms with Crippen LogP contribution >= 0.6 is 15.9 Å². The van der Waals surface area contributed by atoms with E-state index in [-0.39, 0.29) is 17.9 Å². The van der Waals surface area contributed by atoms with Crippen LogP contribution in [0.15, 0.2) is 28.7 Å². The van der Waals surface area contributed by atoms with Crippen LogP contribution < -0.4 is 0 Å². The molecule has 0 aromatic heterocycles. The molecule has 0 aliphatic carbocycles. The lowest BCUT2D eigenvalue weighted by Crippen LogP contribution is -2.57. The van der Waals surface area contributed by atoms with Gasteiger partial charge >= 0.3 is 0 Å². The third kappa shape index (κ3) is 2.81. The van der Waals surface area contributed by atoms with Gasteiger partial charge in [0, 0.05) is 30.2 Å². The van der Waals surface area contributed by atoms with Crippen molar-refractivity contribution in [3.8, 4) is 0 Å². The lowest BCUT2D eigenvalue weighted by molar-refractivity contribution is -0.138. The highest BCUT2D eigenvalue weighted by Gasteiger charge is 2.34. The molecule has 1 heterocycles. The monoisotopic (exact) mass is 324 g/mol. The van der Waals surface area contributed by atoms with Crippen molar-refractivity contribution < 1.29 is 9.59 Å². The molecule has 0 bridgehead atoms. The Morgan fingerprint density at radius 2 is 2.16 bits per heavy atom. The van der Waals surface area contributed by atoms with Gasteiger partial charge in [0.05, 0.1) is 0 Å². The van der Waals surface area contributed by atoms with E-state index in [1.807, 2.05) is 19.1 Å². The topological polar surface area (TPSA) is 40.6 Å². The number of hydrogen-bond donors (Lipinski definition) is 0. The van der Waals surface area contributed by atoms with Gasteiger partial charge < -0.3 is 9.80 Å². The predicted molar refractivity (Wildman–Crippen MR) is 76.9 cm³/mol. The first-order chi connectivity index (χ1) is 9.04. The van der Waals surface area contributed by atoms with E-state index in [1.54, 1.807) is 29.0 Å². The summed E-state index contributed by atoms with van der Waals surface area (Å²) < 4.78 is 0.867. The predicted octanol–water partition coefficient (Wildman–Crippen LogP) is 2.14. The molecule has 102 valence electrons. The molecule has 1 aromatic rings. The van der Waals surface area contributed by atoms with Crippen LogP contribution in [0, 0.1) is 0 Å². The third-order valence-corrected chi connectivity index (χ3v) is 3.93. The normalized spacial score (nSPS) is 19.7. The lowest BCUT2D eigenvalue weighted by Gasteiger charge is -2.38. The highest BCUT2D eigenvalue weighted by molar-refractivity contribution is 9.10. The van der Waals surface area contributed by atoms with Gasteiger partial charge in [-0.05, 0) is 24.6 Å². The van der Waals surface area contributed by atoms with Crippen molar-refractivity contribution in [1.29, 1.82) is 0 Å². The quantitative estimate of drug-likeness (QED) is 0.836. The van der Waals surface area contributed by atoms with Gasteiger partial charge in [0.2, 0.25) is 5.91 Å². The minimum atomic E-state index is -0.342. The Morgan fingerprint density at radius 1 is 1.42 bits per heavy atom. The maximum atomic E-state index is 12.5. The van der Waals surface area contributed by atoms with E-state index in [1.165, 1.54) is 0 Å². The van der Waals surface area contributed by atoms with Crippen molar-refractivity contribution >= 4 is 27.7 Å². The Hall–Kier alpha value is -1.36. The second-order valence-corrected chi connectivity index (χ2v) is 5.61. The number of likely N-dealkylation sites (N-methyl/N-ethyl adjacent to an activating group) is 1. The van der Waals surface area contributed by atoms with Crippen LogP contribution in [0.1, 0.15) is 23.7 Å². The number of halogens is 1. The summed E-state index contributed by atoms with van der Waals surface area (Å²) in [7, 11) is 1.78. The molecule has 1 saturated heterocycles. The number of carbonyl (C=O) groups is 2. The van der Waals surface area contributed by atoms with E-state index < -0.39 is 0 Å². The van der Waals surface area contributed by atoms with Gasteiger partial charge in [-0.3, -0.25) is 9.59 Å². The summed E-state index contributed by atoms with van der Waals surface area (Å²) in [6, 6.07) is 6.94. The molecule has 1 aliphatic heterocycles. The number of amides is 2. The number of carbonyl (C=O) groups excluding carboxylic acids is 2. The summed E-state index contributed by atoms with van der Waals surface area (Å²) in [5.41, 5.74) is 0.616. The molecule has 0 saturated carbocycles. The van der Waals surface area contributed by atoms with Crippen LogP contribution in [0.25, 0.3) is 0 Å². The van der Waals surface area contributed by atoms with Crippen molar-refractivity contribution in [3.63, 3.8) is 0 Å². The van der Waals surface area contributed by atoms with Crippen molar-refractivity contribution in [1.82, 2.24) is 9.80 Å². The molecule has 1 unspecified atom stereocenters. The smallest absolute Gasteiger partial charge is 0.254 e. The Labute approximate surface area is 121 Å². The number of rotatable bonds is 2. The number of benzene rings is 1. The van der Waals surface area contributed by atoms with Crippen molar-refractivity contribution in [2.45, 2.75) is 19.4 Å². The first-order valence-corrected chi connectivity index (χ1v) is 7.15. The van der Waals surface area contributed by atoms with Gasteiger partial charge in [-0.25, -0.2) is 0 Å². The van der Waals surface area contributed by atoms with Gasteiger partial charge in [0.1, 0.15) is 6.04 Å². The van der Waals surface area contributed by atoms with E-state index in [4.69, 9.17) is 0 Å². The molecular weight excluding hydrogens is 308 g/mol. The van der Waals surface area contributed by atoms with Gasteiger partial charge in [0.25, 0.3) is 5.91 Å². The maximum absolute atomic E-state index is 12.5. The highest BCUT2D eigenvalue weighted by Crippen LogP contribution is 2.19. The minimum absolute atomic E-state index is 0.0251. The van der Waals surface area contributed by atoms with Crippen molar-refractivity contribution in [3.05, 3.63) is 34.3 Å². The highest BCUT2D eigenvalue weighted by atomic mass is 79.9. The zero-order valence-corrected chi connectivity index (χ0v) is 12.7. The fourth-order valence-electron chi connectivity index (χ4n) is 2.34. The molecule has 1 aliphatic rings. The standard InChI is InChI=1S/C14H17BrN2O2/c1-3-12-14(19)16(2)7-8-17(12)13(18)10-5-4-6-11(15)9-10/h4-6,9,12H,3,7-8H2,1-2H3. The van der Waals surface area contributed by atoms with Crippen LogP contribution in [0.3, 0.4) is 0 Å². The van der Waals surface area contributed by atoms with E-state index in [0.717, 1.165) is 4.47 Å². The third-order valence-electron chi connectivity index (χ3n) is 3.43. The number of hydrogen-bond acceptors (Lipinski definition) is 2. The molecule has 2 rings (SSSR count). The van der Waals surface area contributed by atoms with Crippen molar-refractivity contribution in [2.24, 2.45) is 0 Å². The van der Waals surface area contributed by atoms with Gasteiger partial charge in [0.15, 0.2) is 0 Å². The fourth-order valence-corrected chi connectivity index (χ4v) is 2.74. The maximum Gasteiger partial charge on any atom is 0.254 e. The molecule has 0 spiro atoms. The van der Waals surface area contributed by atoms with Gasteiger partial charge in [-0.2, -0.15) is 0 Å². The molecule has 1 fully saturated rings. The fraction of sp³-hybridized carbons (Fsp3) is 0.429. The first kappa shape index (κ1) is 14.1. The zero-order chi connectivity index (χ0) is 14.0. The lowest BCUT2D eigenvalue weighted by atomic mass is 10.1.